The standard InChI is InChI=1S/C22H19ClF3N5O3S2/c1-31-5-3-17(32)13-8-18(35-20(13)36(31,33)34)19-14(22(24,25)26)10-28-21(30-19)29-16-7-11-2-4-27-9-12(11)6-15(16)23/h6-8,10,27H,2-5,9H2,1H3,(H,28,29,30). The minimum absolute atomic E-state index is 0.00905. The van der Waals surface area contributed by atoms with Crippen LogP contribution < -0.4 is 10.6 Å². The number of anilines is 2. The second kappa shape index (κ2) is 9.06. The van der Waals surface area contributed by atoms with Gasteiger partial charge in [-0.1, -0.05) is 11.6 Å². The highest BCUT2D eigenvalue weighted by Gasteiger charge is 2.38. The van der Waals surface area contributed by atoms with Crippen molar-refractivity contribution in [2.45, 2.75) is 29.8 Å². The van der Waals surface area contributed by atoms with Gasteiger partial charge < -0.3 is 10.6 Å². The molecule has 2 aliphatic rings. The zero-order valence-corrected chi connectivity index (χ0v) is 21.1. The van der Waals surface area contributed by atoms with Crippen LogP contribution in [0.3, 0.4) is 0 Å². The number of alkyl halides is 3. The van der Waals surface area contributed by atoms with E-state index in [1.807, 2.05) is 6.07 Å². The summed E-state index contributed by atoms with van der Waals surface area (Å²) in [6.45, 7) is 1.44. The van der Waals surface area contributed by atoms with Gasteiger partial charge in [0.2, 0.25) is 5.95 Å². The van der Waals surface area contributed by atoms with Gasteiger partial charge >= 0.3 is 6.18 Å². The van der Waals surface area contributed by atoms with E-state index in [1.165, 1.54) is 13.1 Å². The molecule has 1 aromatic carbocycles. The number of carbonyl (C=O) groups excluding carboxylic acids is 1. The molecule has 0 atom stereocenters. The van der Waals surface area contributed by atoms with Crippen LogP contribution in [0, 0.1) is 0 Å². The van der Waals surface area contributed by atoms with Crippen LogP contribution in [-0.4, -0.2) is 48.6 Å². The molecule has 0 saturated heterocycles. The molecule has 8 nitrogen and oxygen atoms in total. The fourth-order valence-corrected chi connectivity index (χ4v) is 7.37. The fourth-order valence-electron chi connectivity index (χ4n) is 4.09. The highest BCUT2D eigenvalue weighted by molar-refractivity contribution is 7.91. The first kappa shape index (κ1) is 25.1. The summed E-state index contributed by atoms with van der Waals surface area (Å²) in [5, 5.41) is 6.48. The summed E-state index contributed by atoms with van der Waals surface area (Å²) < 4.78 is 68.0. The van der Waals surface area contributed by atoms with E-state index in [9.17, 15) is 26.4 Å². The van der Waals surface area contributed by atoms with Crippen molar-refractivity contribution in [2.24, 2.45) is 0 Å². The molecule has 0 aliphatic carbocycles. The third-order valence-electron chi connectivity index (χ3n) is 6.05. The Bertz CT molecular complexity index is 1490. The van der Waals surface area contributed by atoms with Gasteiger partial charge in [-0.15, -0.1) is 11.3 Å². The molecule has 0 amide bonds. The highest BCUT2D eigenvalue weighted by atomic mass is 35.5. The molecular formula is C22H19ClF3N5O3S2. The second-order valence-electron chi connectivity index (χ2n) is 8.42. The topological polar surface area (TPSA) is 104 Å². The average molecular weight is 558 g/mol. The average Bonchev–Trinajstić information content (AvgIpc) is 3.26. The molecule has 0 saturated carbocycles. The second-order valence-corrected chi connectivity index (χ2v) is 12.1. The maximum atomic E-state index is 13.9. The molecular weight excluding hydrogens is 539 g/mol. The number of fused-ring (bicyclic) bond motifs is 2. The smallest absolute Gasteiger partial charge is 0.323 e. The monoisotopic (exact) mass is 557 g/mol. The van der Waals surface area contributed by atoms with Crippen LogP contribution in [0.25, 0.3) is 10.6 Å². The fraction of sp³-hybridized carbons (Fsp3) is 0.318. The molecule has 5 rings (SSSR count). The molecule has 0 fully saturated rings. The first-order valence-electron chi connectivity index (χ1n) is 10.8. The van der Waals surface area contributed by atoms with Crippen molar-refractivity contribution in [3.63, 3.8) is 0 Å². The van der Waals surface area contributed by atoms with Gasteiger partial charge in [-0.05, 0) is 42.3 Å². The maximum Gasteiger partial charge on any atom is 0.420 e. The van der Waals surface area contributed by atoms with E-state index < -0.39 is 33.2 Å². The van der Waals surface area contributed by atoms with E-state index >= 15 is 0 Å². The van der Waals surface area contributed by atoms with Gasteiger partial charge in [-0.3, -0.25) is 4.79 Å². The van der Waals surface area contributed by atoms with E-state index in [0.29, 0.717) is 34.8 Å². The summed E-state index contributed by atoms with van der Waals surface area (Å²) in [4.78, 5) is 20.4. The quantitative estimate of drug-likeness (QED) is 0.489. The van der Waals surface area contributed by atoms with Crippen LogP contribution >= 0.6 is 22.9 Å². The summed E-state index contributed by atoms with van der Waals surface area (Å²) in [6.07, 6.45) is -3.49. The van der Waals surface area contributed by atoms with Gasteiger partial charge in [0.1, 0.15) is 9.77 Å². The molecule has 2 N–H and O–H groups in total. The van der Waals surface area contributed by atoms with Gasteiger partial charge in [0.05, 0.1) is 21.3 Å². The molecule has 0 radical (unpaired) electrons. The largest absolute Gasteiger partial charge is 0.420 e. The first-order valence-corrected chi connectivity index (χ1v) is 13.5. The predicted octanol–water partition coefficient (Wildman–Crippen LogP) is 4.47. The predicted molar refractivity (Wildman–Crippen MR) is 129 cm³/mol. The zero-order valence-electron chi connectivity index (χ0n) is 18.7. The summed E-state index contributed by atoms with van der Waals surface area (Å²) in [5.74, 6) is -0.611. The Kier molecular flexibility index (Phi) is 6.32. The number of nitrogens with one attached hydrogen (secondary N) is 2. The number of thiophene rings is 1. The lowest BCUT2D eigenvalue weighted by Gasteiger charge is -2.19. The van der Waals surface area contributed by atoms with Crippen LogP contribution in [0.1, 0.15) is 33.5 Å². The third kappa shape index (κ3) is 4.50. The van der Waals surface area contributed by atoms with Crippen molar-refractivity contribution in [2.75, 3.05) is 25.5 Å². The Morgan fingerprint density at radius 1 is 1.19 bits per heavy atom. The van der Waals surface area contributed by atoms with Crippen LogP contribution in [-0.2, 0) is 29.2 Å². The number of nitrogens with zero attached hydrogens (tertiary/aromatic N) is 3. The number of Topliss-reactive ketones (excluding diaryl/α,β-unsaturated/α-hetero) is 1. The van der Waals surface area contributed by atoms with Gasteiger partial charge in [0, 0.05) is 38.3 Å². The van der Waals surface area contributed by atoms with Crippen molar-refractivity contribution in [3.05, 3.63) is 51.7 Å². The number of rotatable bonds is 3. The van der Waals surface area contributed by atoms with Crippen LogP contribution in [0.15, 0.2) is 28.6 Å². The lowest BCUT2D eigenvalue weighted by Crippen LogP contribution is -2.26. The summed E-state index contributed by atoms with van der Waals surface area (Å²) in [5.41, 5.74) is 0.702. The van der Waals surface area contributed by atoms with E-state index in [-0.39, 0.29) is 33.6 Å². The van der Waals surface area contributed by atoms with Crippen LogP contribution in [0.5, 0.6) is 0 Å². The molecule has 4 heterocycles. The minimum Gasteiger partial charge on any atom is -0.323 e. The Morgan fingerprint density at radius 2 is 1.97 bits per heavy atom. The highest BCUT2D eigenvalue weighted by Crippen LogP contribution is 2.43. The molecule has 2 aromatic heterocycles. The molecule has 0 spiro atoms. The normalized spacial score (nSPS) is 17.9. The van der Waals surface area contributed by atoms with Crippen molar-refractivity contribution in [1.82, 2.24) is 19.6 Å². The third-order valence-corrected chi connectivity index (χ3v) is 9.87. The van der Waals surface area contributed by atoms with Crippen LogP contribution in [0.2, 0.25) is 5.02 Å². The van der Waals surface area contributed by atoms with E-state index in [2.05, 4.69) is 20.6 Å². The van der Waals surface area contributed by atoms with E-state index in [1.54, 1.807) is 6.07 Å². The summed E-state index contributed by atoms with van der Waals surface area (Å²) >= 11 is 6.97. The SMILES string of the molecule is CN1CCC(=O)c2cc(-c3nc(Nc4cc5c(cc4Cl)CNCC5)ncc3C(F)(F)F)sc2S1(=O)=O. The van der Waals surface area contributed by atoms with Gasteiger partial charge in [0.15, 0.2) is 5.78 Å². The van der Waals surface area contributed by atoms with Crippen molar-refractivity contribution in [1.29, 1.82) is 0 Å². The van der Waals surface area contributed by atoms with Gasteiger partial charge in [-0.25, -0.2) is 18.4 Å². The lowest BCUT2D eigenvalue weighted by atomic mass is 10.0. The van der Waals surface area contributed by atoms with Crippen molar-refractivity contribution in [3.8, 4) is 10.6 Å². The van der Waals surface area contributed by atoms with Crippen LogP contribution in [0.4, 0.5) is 24.8 Å². The maximum absolute atomic E-state index is 13.9. The van der Waals surface area contributed by atoms with Crippen molar-refractivity contribution < 1.29 is 26.4 Å². The van der Waals surface area contributed by atoms with Gasteiger partial charge in [-0.2, -0.15) is 17.5 Å². The number of halogens is 4. The minimum atomic E-state index is -4.81. The Labute approximate surface area is 213 Å². The van der Waals surface area contributed by atoms with E-state index in [4.69, 9.17) is 11.6 Å². The molecule has 2 aliphatic heterocycles. The number of sulfonamides is 1. The number of ketones is 1. The molecule has 0 unspecified atom stereocenters. The number of hydrogen-bond donors (Lipinski definition) is 2. The number of aromatic nitrogens is 2. The molecule has 14 heteroatoms. The Morgan fingerprint density at radius 3 is 2.72 bits per heavy atom. The van der Waals surface area contributed by atoms with Crippen molar-refractivity contribution >= 4 is 50.4 Å². The Hall–Kier alpha value is -2.58. The first-order chi connectivity index (χ1) is 16.9. The van der Waals surface area contributed by atoms with E-state index in [0.717, 1.165) is 28.4 Å². The molecule has 36 heavy (non-hydrogen) atoms. The molecule has 3 aromatic rings. The lowest BCUT2D eigenvalue weighted by molar-refractivity contribution is -0.137. The summed E-state index contributed by atoms with van der Waals surface area (Å²) in [7, 11) is -2.71. The summed E-state index contributed by atoms with van der Waals surface area (Å²) in [6, 6.07) is 4.76. The zero-order chi connectivity index (χ0) is 25.8. The molecule has 0 bridgehead atoms. The number of carbonyl (C=O) groups is 1. The number of benzene rings is 1. The Balaban J connectivity index is 1.61. The van der Waals surface area contributed by atoms with Gasteiger partial charge in [0.25, 0.3) is 10.0 Å². The molecule has 190 valence electrons. The number of hydrogen-bond acceptors (Lipinski definition) is 8.